The molecule has 0 amide bonds. The van der Waals surface area contributed by atoms with Gasteiger partial charge in [0.2, 0.25) is 5.88 Å². The minimum absolute atomic E-state index is 0.00588. The summed E-state index contributed by atoms with van der Waals surface area (Å²) in [5.41, 5.74) is 9.59. The molecule has 0 saturated heterocycles. The van der Waals surface area contributed by atoms with Crippen LogP contribution in [0.5, 0.6) is 17.2 Å². The highest BCUT2D eigenvalue weighted by molar-refractivity contribution is 6.32. The van der Waals surface area contributed by atoms with Crippen molar-refractivity contribution in [3.05, 3.63) is 99.4 Å². The van der Waals surface area contributed by atoms with Crippen molar-refractivity contribution in [1.82, 2.24) is 0 Å². The zero-order valence-electron chi connectivity index (χ0n) is 19.9. The lowest BCUT2D eigenvalue weighted by Crippen LogP contribution is -2.21. The lowest BCUT2D eigenvalue weighted by molar-refractivity contribution is 0.0734. The molecule has 3 aromatic carbocycles. The van der Waals surface area contributed by atoms with E-state index >= 15 is 0 Å². The maximum absolute atomic E-state index is 12.7. The molecule has 7 heteroatoms. The molecule has 0 radical (unpaired) electrons. The second kappa shape index (κ2) is 9.36. The normalized spacial score (nSPS) is 15.0. The number of carbonyl (C=O) groups excluding carboxylic acids is 1. The number of hydrogen-bond acceptors (Lipinski definition) is 6. The minimum atomic E-state index is -0.583. The van der Waals surface area contributed by atoms with Crippen molar-refractivity contribution in [2.24, 2.45) is 5.73 Å². The summed E-state index contributed by atoms with van der Waals surface area (Å²) in [6.07, 6.45) is 0. The Balaban J connectivity index is 1.66. The molecule has 0 saturated carbocycles. The summed E-state index contributed by atoms with van der Waals surface area (Å²) in [5, 5.41) is 10.1. The van der Waals surface area contributed by atoms with Gasteiger partial charge in [0.25, 0.3) is 0 Å². The van der Waals surface area contributed by atoms with Crippen LogP contribution in [0, 0.1) is 11.3 Å². The molecule has 3 aromatic rings. The van der Waals surface area contributed by atoms with Crippen LogP contribution in [0.4, 0.5) is 0 Å². The summed E-state index contributed by atoms with van der Waals surface area (Å²) >= 11 is 6.13. The maximum Gasteiger partial charge on any atom is 0.343 e. The number of hydrogen-bond donors (Lipinski definition) is 1. The lowest BCUT2D eigenvalue weighted by atomic mass is 9.81. The number of fused-ring (bicyclic) bond motifs is 1. The van der Waals surface area contributed by atoms with Crippen molar-refractivity contribution in [2.45, 2.75) is 32.1 Å². The first-order valence-electron chi connectivity index (χ1n) is 11.0. The molecule has 35 heavy (non-hydrogen) atoms. The number of ether oxygens (including phenoxy) is 3. The smallest absolute Gasteiger partial charge is 0.343 e. The van der Waals surface area contributed by atoms with Crippen LogP contribution in [-0.2, 0) is 5.41 Å². The summed E-state index contributed by atoms with van der Waals surface area (Å²) in [5.74, 6) is 0.196. The second-order valence-electron chi connectivity index (χ2n) is 9.24. The first-order valence-corrected chi connectivity index (χ1v) is 11.4. The monoisotopic (exact) mass is 488 g/mol. The SMILES string of the molecule is COc1ccc(C(=O)Oc2ccc3c(c2)OC(N)=C(C#N)C3c2ccc(C(C)(C)C)cc2)cc1Cl. The highest BCUT2D eigenvalue weighted by atomic mass is 35.5. The number of halogens is 1. The molecule has 4 rings (SSSR count). The maximum atomic E-state index is 12.7. The van der Waals surface area contributed by atoms with Gasteiger partial charge in [-0.05, 0) is 40.8 Å². The van der Waals surface area contributed by atoms with Crippen LogP contribution >= 0.6 is 11.6 Å². The summed E-state index contributed by atoms with van der Waals surface area (Å²) < 4.78 is 16.4. The van der Waals surface area contributed by atoms with Crippen molar-refractivity contribution in [3.63, 3.8) is 0 Å². The second-order valence-corrected chi connectivity index (χ2v) is 9.64. The van der Waals surface area contributed by atoms with Crippen LogP contribution in [0.1, 0.15) is 53.7 Å². The number of benzene rings is 3. The first-order chi connectivity index (χ1) is 16.6. The van der Waals surface area contributed by atoms with Gasteiger partial charge in [-0.3, -0.25) is 0 Å². The Hall–Kier alpha value is -3.95. The first kappa shape index (κ1) is 24.2. The molecule has 0 aromatic heterocycles. The van der Waals surface area contributed by atoms with Crippen molar-refractivity contribution in [3.8, 4) is 23.3 Å². The van der Waals surface area contributed by atoms with Crippen molar-refractivity contribution in [2.75, 3.05) is 7.11 Å². The molecule has 1 aliphatic rings. The van der Waals surface area contributed by atoms with Gasteiger partial charge < -0.3 is 19.9 Å². The predicted octanol–water partition coefficient (Wildman–Crippen LogP) is 6.08. The third-order valence-corrected chi connectivity index (χ3v) is 6.19. The summed E-state index contributed by atoms with van der Waals surface area (Å²) in [7, 11) is 1.50. The fraction of sp³-hybridized carbons (Fsp3) is 0.214. The minimum Gasteiger partial charge on any atom is -0.495 e. The predicted molar refractivity (Wildman–Crippen MR) is 134 cm³/mol. The number of esters is 1. The van der Waals surface area contributed by atoms with Crippen molar-refractivity contribution in [1.29, 1.82) is 5.26 Å². The van der Waals surface area contributed by atoms with Gasteiger partial charge in [0.1, 0.15) is 28.9 Å². The molecule has 178 valence electrons. The van der Waals surface area contributed by atoms with E-state index in [-0.39, 0.29) is 22.6 Å². The molecule has 0 aliphatic carbocycles. The Morgan fingerprint density at radius 1 is 1.09 bits per heavy atom. The molecule has 1 aliphatic heterocycles. The van der Waals surface area contributed by atoms with Crippen molar-refractivity contribution >= 4 is 17.6 Å². The molecular weight excluding hydrogens is 464 g/mol. The number of allylic oxidation sites excluding steroid dienone is 1. The highest BCUT2D eigenvalue weighted by Crippen LogP contribution is 2.43. The molecule has 1 heterocycles. The molecule has 6 nitrogen and oxygen atoms in total. The number of nitriles is 1. The number of rotatable bonds is 4. The van der Waals surface area contributed by atoms with E-state index in [9.17, 15) is 10.1 Å². The molecule has 1 atom stereocenters. The lowest BCUT2D eigenvalue weighted by Gasteiger charge is -2.27. The average molecular weight is 489 g/mol. The van der Waals surface area contributed by atoms with Gasteiger partial charge in [-0.1, -0.05) is 62.7 Å². The highest BCUT2D eigenvalue weighted by Gasteiger charge is 2.31. The van der Waals surface area contributed by atoms with Crippen molar-refractivity contribution < 1.29 is 19.0 Å². The van der Waals surface area contributed by atoms with Crippen LogP contribution < -0.4 is 19.9 Å². The van der Waals surface area contributed by atoms with Crippen LogP contribution in [0.3, 0.4) is 0 Å². The molecule has 1 unspecified atom stereocenters. The van der Waals surface area contributed by atoms with Gasteiger partial charge >= 0.3 is 5.97 Å². The van der Waals surface area contributed by atoms with Crippen LogP contribution in [0.25, 0.3) is 0 Å². The zero-order chi connectivity index (χ0) is 25.3. The summed E-state index contributed by atoms with van der Waals surface area (Å²) in [6, 6.07) is 20.0. The summed E-state index contributed by atoms with van der Waals surface area (Å²) in [4.78, 5) is 12.7. The topological polar surface area (TPSA) is 94.6 Å². The molecule has 0 spiro atoms. The molecule has 0 fully saturated rings. The average Bonchev–Trinajstić information content (AvgIpc) is 2.82. The molecule has 0 bridgehead atoms. The van der Waals surface area contributed by atoms with E-state index in [1.165, 1.54) is 18.7 Å². The fourth-order valence-corrected chi connectivity index (χ4v) is 4.23. The Kier molecular flexibility index (Phi) is 6.47. The number of methoxy groups -OCH3 is 1. The fourth-order valence-electron chi connectivity index (χ4n) is 3.98. The Morgan fingerprint density at radius 3 is 2.40 bits per heavy atom. The zero-order valence-corrected chi connectivity index (χ0v) is 20.6. The van der Waals surface area contributed by atoms with E-state index < -0.39 is 11.9 Å². The van der Waals surface area contributed by atoms with Crippen LogP contribution in [0.2, 0.25) is 5.02 Å². The Bertz CT molecular complexity index is 1370. The van der Waals surface area contributed by atoms with E-state index in [0.717, 1.165) is 11.1 Å². The third kappa shape index (κ3) is 4.82. The molecule has 2 N–H and O–H groups in total. The van der Waals surface area contributed by atoms with Gasteiger partial charge in [-0.15, -0.1) is 0 Å². The van der Waals surface area contributed by atoms with Gasteiger partial charge in [0.15, 0.2) is 0 Å². The largest absolute Gasteiger partial charge is 0.495 e. The third-order valence-electron chi connectivity index (χ3n) is 5.90. The van der Waals surface area contributed by atoms with E-state index in [2.05, 4.69) is 39.0 Å². The van der Waals surface area contributed by atoms with Crippen LogP contribution in [-0.4, -0.2) is 13.1 Å². The van der Waals surface area contributed by atoms with E-state index in [0.29, 0.717) is 22.1 Å². The van der Waals surface area contributed by atoms with Gasteiger partial charge in [0.05, 0.1) is 23.6 Å². The van der Waals surface area contributed by atoms with E-state index in [1.54, 1.807) is 30.3 Å². The number of nitrogens with zero attached hydrogens (tertiary/aromatic N) is 1. The summed E-state index contributed by atoms with van der Waals surface area (Å²) in [6.45, 7) is 6.44. The Morgan fingerprint density at radius 2 is 1.80 bits per heavy atom. The Labute approximate surface area is 209 Å². The van der Waals surface area contributed by atoms with Gasteiger partial charge in [-0.2, -0.15) is 5.26 Å². The van der Waals surface area contributed by atoms with Crippen LogP contribution in [0.15, 0.2) is 72.1 Å². The van der Waals surface area contributed by atoms with E-state index in [1.807, 2.05) is 12.1 Å². The van der Waals surface area contributed by atoms with Gasteiger partial charge in [0, 0.05) is 11.6 Å². The molecular formula is C28H25ClN2O4. The van der Waals surface area contributed by atoms with Gasteiger partial charge in [-0.25, -0.2) is 4.79 Å². The number of carbonyl (C=O) groups is 1. The standard InChI is InChI=1S/C28H25ClN2O4/c1-28(2,3)18-8-5-16(6-9-18)25-20-11-10-19(14-24(20)35-26(31)21(25)15-30)34-27(32)17-7-12-23(33-4)22(29)13-17/h5-14,25H,31H2,1-4H3. The van der Waals surface area contributed by atoms with E-state index in [4.69, 9.17) is 31.5 Å². The number of nitrogens with two attached hydrogens (primary N) is 1. The quantitative estimate of drug-likeness (QED) is 0.353.